The minimum atomic E-state index is -1.17. The van der Waals surface area contributed by atoms with Crippen molar-refractivity contribution in [3.8, 4) is 0 Å². The summed E-state index contributed by atoms with van der Waals surface area (Å²) in [6.45, 7) is 7.55. The van der Waals surface area contributed by atoms with Crippen LogP contribution in [0.1, 0.15) is 57.4 Å². The Kier molecular flexibility index (Phi) is 9.98. The number of pyridine rings is 1. The molecule has 40 heavy (non-hydrogen) atoms. The van der Waals surface area contributed by atoms with Crippen LogP contribution in [0.15, 0.2) is 48.6 Å². The number of aromatic nitrogens is 1. The van der Waals surface area contributed by atoms with Gasteiger partial charge in [-0.15, -0.1) is 0 Å². The smallest absolute Gasteiger partial charge is 0.330 e. The van der Waals surface area contributed by atoms with Crippen LogP contribution in [0, 0.1) is 5.41 Å². The number of hydrogen-bond donors (Lipinski definition) is 3. The molecule has 3 atom stereocenters. The van der Waals surface area contributed by atoms with Crippen molar-refractivity contribution in [1.82, 2.24) is 20.5 Å². The highest BCUT2D eigenvalue weighted by Crippen LogP contribution is 2.26. The Balaban J connectivity index is 1.77. The van der Waals surface area contributed by atoms with Gasteiger partial charge in [0.05, 0.1) is 24.6 Å². The molecule has 214 valence electrons. The quantitative estimate of drug-likeness (QED) is 0.300. The average Bonchev–Trinajstić information content (AvgIpc) is 3.39. The van der Waals surface area contributed by atoms with Gasteiger partial charge in [-0.05, 0) is 37.3 Å². The number of nitrogens with zero attached hydrogens (tertiary/aromatic N) is 2. The van der Waals surface area contributed by atoms with E-state index in [0.29, 0.717) is 24.9 Å². The highest BCUT2D eigenvalue weighted by atomic mass is 16.5. The van der Waals surface area contributed by atoms with E-state index in [1.165, 1.54) is 11.0 Å². The average molecular weight is 553 g/mol. The molecule has 0 radical (unpaired) electrons. The van der Waals surface area contributed by atoms with E-state index in [9.17, 15) is 29.1 Å². The number of amides is 3. The lowest BCUT2D eigenvalue weighted by Crippen LogP contribution is -2.58. The fourth-order valence-electron chi connectivity index (χ4n) is 4.53. The zero-order valence-corrected chi connectivity index (χ0v) is 23.2. The molecule has 0 bridgehead atoms. The predicted octanol–water partition coefficient (Wildman–Crippen LogP) is 2.45. The van der Waals surface area contributed by atoms with Crippen molar-refractivity contribution in [2.24, 2.45) is 5.41 Å². The molecule has 2 heterocycles. The summed E-state index contributed by atoms with van der Waals surface area (Å²) in [6.07, 6.45) is 2.81. The molecule has 1 aliphatic rings. The van der Waals surface area contributed by atoms with E-state index in [0.717, 1.165) is 11.5 Å². The van der Waals surface area contributed by atoms with Crippen molar-refractivity contribution < 1.29 is 33.8 Å². The molecule has 0 spiro atoms. The third-order valence-electron chi connectivity index (χ3n) is 6.53. The first-order valence-corrected chi connectivity index (χ1v) is 13.2. The van der Waals surface area contributed by atoms with Crippen LogP contribution in [0.25, 0.3) is 10.9 Å². The minimum Gasteiger partial charge on any atom is -0.481 e. The fraction of sp³-hybridized carbons (Fsp3) is 0.448. The maximum atomic E-state index is 13.8. The lowest BCUT2D eigenvalue weighted by Gasteiger charge is -2.35. The summed E-state index contributed by atoms with van der Waals surface area (Å²) in [5.41, 5.74) is 0.126. The SMILES string of the molecule is CCOC(=O)/C=C/[C@H](CC(=O)O)NC(=O)[C@H]1CCCN1C(=O)[C@H](NC(=O)c1ccc2ccccc2n1)C(C)(C)C. The van der Waals surface area contributed by atoms with Gasteiger partial charge in [0.25, 0.3) is 5.91 Å². The number of nitrogens with one attached hydrogen (secondary N) is 2. The van der Waals surface area contributed by atoms with E-state index in [4.69, 9.17) is 4.74 Å². The number of benzene rings is 1. The molecule has 1 fully saturated rings. The molecule has 1 aromatic heterocycles. The van der Waals surface area contributed by atoms with Crippen molar-refractivity contribution in [3.63, 3.8) is 0 Å². The number of para-hydroxylation sites is 1. The third-order valence-corrected chi connectivity index (χ3v) is 6.53. The first-order valence-electron chi connectivity index (χ1n) is 13.2. The maximum absolute atomic E-state index is 13.8. The first kappa shape index (κ1) is 30.3. The van der Waals surface area contributed by atoms with Crippen molar-refractivity contribution in [1.29, 1.82) is 0 Å². The summed E-state index contributed by atoms with van der Waals surface area (Å²) < 4.78 is 4.82. The highest BCUT2D eigenvalue weighted by Gasteiger charge is 2.42. The molecule has 3 rings (SSSR count). The van der Waals surface area contributed by atoms with Crippen molar-refractivity contribution in [2.45, 2.75) is 65.1 Å². The number of likely N-dealkylation sites (tertiary alicyclic amines) is 1. The van der Waals surface area contributed by atoms with E-state index in [1.807, 2.05) is 39.0 Å². The number of esters is 1. The molecular weight excluding hydrogens is 516 g/mol. The van der Waals surface area contributed by atoms with Crippen LogP contribution < -0.4 is 10.6 Å². The Bertz CT molecular complexity index is 1300. The maximum Gasteiger partial charge on any atom is 0.330 e. The molecule has 1 aliphatic heterocycles. The number of aliphatic carboxylic acids is 1. The van der Waals surface area contributed by atoms with Gasteiger partial charge in [-0.3, -0.25) is 19.2 Å². The number of hydrogen-bond acceptors (Lipinski definition) is 7. The van der Waals surface area contributed by atoms with Crippen LogP contribution >= 0.6 is 0 Å². The van der Waals surface area contributed by atoms with Gasteiger partial charge in [0.15, 0.2) is 0 Å². The monoisotopic (exact) mass is 552 g/mol. The first-order chi connectivity index (χ1) is 18.9. The van der Waals surface area contributed by atoms with E-state index in [-0.39, 0.29) is 12.3 Å². The molecule has 11 heteroatoms. The number of carbonyl (C=O) groups excluding carboxylic acids is 4. The van der Waals surface area contributed by atoms with Gasteiger partial charge in [0.1, 0.15) is 17.8 Å². The summed E-state index contributed by atoms with van der Waals surface area (Å²) in [5, 5.41) is 15.6. The number of rotatable bonds is 10. The summed E-state index contributed by atoms with van der Waals surface area (Å²) in [5.74, 6) is -3.30. The van der Waals surface area contributed by atoms with E-state index >= 15 is 0 Å². The van der Waals surface area contributed by atoms with Gasteiger partial charge in [-0.1, -0.05) is 51.1 Å². The highest BCUT2D eigenvalue weighted by molar-refractivity contribution is 5.99. The van der Waals surface area contributed by atoms with Crippen LogP contribution in [0.4, 0.5) is 0 Å². The normalized spacial score (nSPS) is 16.9. The Hall–Kier alpha value is -4.28. The Morgan fingerprint density at radius 1 is 1.12 bits per heavy atom. The molecular formula is C29H36N4O7. The number of ether oxygens (including phenoxy) is 1. The van der Waals surface area contributed by atoms with E-state index in [2.05, 4.69) is 15.6 Å². The second-order valence-electron chi connectivity index (χ2n) is 10.7. The largest absolute Gasteiger partial charge is 0.481 e. The van der Waals surface area contributed by atoms with E-state index in [1.54, 1.807) is 25.1 Å². The number of fused-ring (bicyclic) bond motifs is 1. The van der Waals surface area contributed by atoms with Gasteiger partial charge in [-0.2, -0.15) is 0 Å². The molecule has 11 nitrogen and oxygen atoms in total. The minimum absolute atomic E-state index is 0.153. The second kappa shape index (κ2) is 13.2. The van der Waals surface area contributed by atoms with Crippen LogP contribution in [-0.4, -0.2) is 75.9 Å². The number of carbonyl (C=O) groups is 5. The van der Waals surface area contributed by atoms with Gasteiger partial charge >= 0.3 is 11.9 Å². The molecule has 2 aromatic rings. The molecule has 3 amide bonds. The Morgan fingerprint density at radius 3 is 2.52 bits per heavy atom. The molecule has 0 aliphatic carbocycles. The van der Waals surface area contributed by atoms with Gasteiger partial charge in [0, 0.05) is 18.0 Å². The third kappa shape index (κ3) is 7.87. The van der Waals surface area contributed by atoms with E-state index < -0.39 is 59.6 Å². The lowest BCUT2D eigenvalue weighted by molar-refractivity contribution is -0.142. The van der Waals surface area contributed by atoms with Crippen molar-refractivity contribution in [3.05, 3.63) is 54.2 Å². The summed E-state index contributed by atoms with van der Waals surface area (Å²) in [6, 6.07) is 7.97. The topological polar surface area (TPSA) is 155 Å². The second-order valence-corrected chi connectivity index (χ2v) is 10.7. The van der Waals surface area contributed by atoms with Crippen molar-refractivity contribution in [2.75, 3.05) is 13.2 Å². The van der Waals surface area contributed by atoms with Gasteiger partial charge < -0.3 is 25.4 Å². The summed E-state index contributed by atoms with van der Waals surface area (Å²) in [4.78, 5) is 69.0. The zero-order chi connectivity index (χ0) is 29.4. The van der Waals surface area contributed by atoms with Gasteiger partial charge in [0.2, 0.25) is 11.8 Å². The fourth-order valence-corrected chi connectivity index (χ4v) is 4.53. The van der Waals surface area contributed by atoms with Crippen LogP contribution in [-0.2, 0) is 23.9 Å². The van der Waals surface area contributed by atoms with Crippen LogP contribution in [0.3, 0.4) is 0 Å². The van der Waals surface area contributed by atoms with Crippen LogP contribution in [0.5, 0.6) is 0 Å². The van der Waals surface area contributed by atoms with Crippen molar-refractivity contribution >= 4 is 40.6 Å². The Labute approximate surface area is 233 Å². The molecule has 0 unspecified atom stereocenters. The zero-order valence-electron chi connectivity index (χ0n) is 23.2. The summed E-state index contributed by atoms with van der Waals surface area (Å²) in [7, 11) is 0. The predicted molar refractivity (Wildman–Crippen MR) is 147 cm³/mol. The Morgan fingerprint density at radius 2 is 1.85 bits per heavy atom. The molecule has 0 saturated carbocycles. The molecule has 1 saturated heterocycles. The number of carboxylic acids is 1. The molecule has 3 N–H and O–H groups in total. The standard InChI is InChI=1S/C29H36N4O7/c1-5-40-24(36)15-13-19(17-23(34)35)30-27(38)22-11-8-16-33(22)28(39)25(29(2,3)4)32-26(37)21-14-12-18-9-6-7-10-20(18)31-21/h6-7,9-10,12-15,19,22,25H,5,8,11,16-17H2,1-4H3,(H,30,38)(H,32,37)(H,34,35)/b15-13+/t19-,22-,25+/m1/s1. The summed E-state index contributed by atoms with van der Waals surface area (Å²) >= 11 is 0. The van der Waals surface area contributed by atoms with Gasteiger partial charge in [-0.25, -0.2) is 9.78 Å². The lowest BCUT2D eigenvalue weighted by atomic mass is 9.85. The molecule has 1 aromatic carbocycles. The van der Waals surface area contributed by atoms with Crippen LogP contribution in [0.2, 0.25) is 0 Å². The number of carboxylic acid groups (broad SMARTS) is 1.